The van der Waals surface area contributed by atoms with Crippen LogP contribution in [0.15, 0.2) is 22.7 Å². The molecule has 0 saturated heterocycles. The van der Waals surface area contributed by atoms with Gasteiger partial charge in [0.15, 0.2) is 5.69 Å². The van der Waals surface area contributed by atoms with Gasteiger partial charge >= 0.3 is 18.3 Å². The molecule has 0 radical (unpaired) electrons. The minimum absolute atomic E-state index is 0.00811. The highest BCUT2D eigenvalue weighted by Gasteiger charge is 2.44. The Labute approximate surface area is 156 Å². The van der Waals surface area contributed by atoms with Crippen molar-refractivity contribution >= 4 is 27.7 Å². The number of aromatic carboxylic acids is 1. The minimum Gasteiger partial charge on any atom is -0.477 e. The van der Waals surface area contributed by atoms with Gasteiger partial charge in [0.2, 0.25) is 0 Å². The molecule has 0 spiro atoms. The molecule has 0 atom stereocenters. The monoisotopic (exact) mass is 457 g/mol. The fourth-order valence-corrected chi connectivity index (χ4v) is 3.47. The van der Waals surface area contributed by atoms with Crippen LogP contribution in [0.1, 0.15) is 27.2 Å². The zero-order valence-electron chi connectivity index (χ0n) is 13.2. The first-order valence-electron chi connectivity index (χ1n) is 7.41. The summed E-state index contributed by atoms with van der Waals surface area (Å²) in [5.41, 5.74) is -3.30. The number of nitrogens with zero attached hydrogens (tertiary/aromatic N) is 3. The summed E-state index contributed by atoms with van der Waals surface area (Å²) >= 11 is 2.98. The third kappa shape index (κ3) is 3.75. The standard InChI is InChI=1S/C15H10BrF6N3O2/c16-9-4-7(3-8(5-9)14(17,18)19)6-24-1-2-25-12(24)10(13(26)27)11(23-25)15(20,21)22/h3-5H,1-2,6H2,(H,26,27). The van der Waals surface area contributed by atoms with Crippen LogP contribution in [0.2, 0.25) is 0 Å². The Morgan fingerprint density at radius 3 is 2.33 bits per heavy atom. The second-order valence-electron chi connectivity index (χ2n) is 5.84. The summed E-state index contributed by atoms with van der Waals surface area (Å²) in [6.45, 7) is -0.0910. The number of rotatable bonds is 3. The highest BCUT2D eigenvalue weighted by molar-refractivity contribution is 9.10. The Hall–Kier alpha value is -2.24. The van der Waals surface area contributed by atoms with Crippen molar-refractivity contribution in [1.29, 1.82) is 0 Å². The smallest absolute Gasteiger partial charge is 0.436 e. The Kier molecular flexibility index (Phi) is 4.65. The van der Waals surface area contributed by atoms with Gasteiger partial charge in [-0.1, -0.05) is 15.9 Å². The van der Waals surface area contributed by atoms with E-state index in [2.05, 4.69) is 21.0 Å². The van der Waals surface area contributed by atoms with Crippen molar-refractivity contribution < 1.29 is 36.2 Å². The average molecular weight is 458 g/mol. The highest BCUT2D eigenvalue weighted by atomic mass is 79.9. The molecule has 2 heterocycles. The summed E-state index contributed by atoms with van der Waals surface area (Å²) in [6.07, 6.45) is -9.56. The van der Waals surface area contributed by atoms with E-state index in [-0.39, 0.29) is 35.5 Å². The molecule has 2 aromatic rings. The van der Waals surface area contributed by atoms with Crippen LogP contribution in [0.5, 0.6) is 0 Å². The summed E-state index contributed by atoms with van der Waals surface area (Å²) < 4.78 is 79.1. The number of halogens is 7. The molecule has 5 nitrogen and oxygen atoms in total. The molecular weight excluding hydrogens is 448 g/mol. The van der Waals surface area contributed by atoms with Crippen LogP contribution >= 0.6 is 15.9 Å². The summed E-state index contributed by atoms with van der Waals surface area (Å²) in [7, 11) is 0. The number of carboxylic acids is 1. The predicted molar refractivity (Wildman–Crippen MR) is 84.4 cm³/mol. The molecule has 3 rings (SSSR count). The number of fused-ring (bicyclic) bond motifs is 1. The number of anilines is 1. The Morgan fingerprint density at radius 2 is 1.78 bits per heavy atom. The summed E-state index contributed by atoms with van der Waals surface area (Å²) in [6, 6.07) is 3.14. The number of hydrogen-bond acceptors (Lipinski definition) is 3. The van der Waals surface area contributed by atoms with E-state index in [0.29, 0.717) is 0 Å². The number of carbonyl (C=O) groups is 1. The van der Waals surface area contributed by atoms with Gasteiger partial charge in [-0.25, -0.2) is 9.48 Å². The van der Waals surface area contributed by atoms with E-state index in [0.717, 1.165) is 16.8 Å². The molecule has 0 amide bonds. The second-order valence-corrected chi connectivity index (χ2v) is 6.76. The molecule has 1 aliphatic rings. The number of benzene rings is 1. The van der Waals surface area contributed by atoms with Gasteiger partial charge < -0.3 is 10.0 Å². The van der Waals surface area contributed by atoms with Gasteiger partial charge in [-0.3, -0.25) is 0 Å². The quantitative estimate of drug-likeness (QED) is 0.694. The fraction of sp³-hybridized carbons (Fsp3) is 0.333. The van der Waals surface area contributed by atoms with Crippen LogP contribution in [-0.4, -0.2) is 27.4 Å². The molecule has 1 aliphatic heterocycles. The van der Waals surface area contributed by atoms with Crippen molar-refractivity contribution in [3.05, 3.63) is 45.1 Å². The van der Waals surface area contributed by atoms with E-state index < -0.39 is 35.1 Å². The topological polar surface area (TPSA) is 58.4 Å². The van der Waals surface area contributed by atoms with Crippen molar-refractivity contribution in [3.8, 4) is 0 Å². The first-order valence-corrected chi connectivity index (χ1v) is 8.20. The van der Waals surface area contributed by atoms with Gasteiger partial charge in [-0.15, -0.1) is 0 Å². The molecule has 0 aliphatic carbocycles. The van der Waals surface area contributed by atoms with Crippen molar-refractivity contribution in [2.75, 3.05) is 11.4 Å². The molecule has 1 aromatic carbocycles. The molecule has 1 N–H and O–H groups in total. The van der Waals surface area contributed by atoms with Crippen LogP contribution < -0.4 is 4.90 Å². The van der Waals surface area contributed by atoms with Gasteiger partial charge in [0.25, 0.3) is 0 Å². The van der Waals surface area contributed by atoms with E-state index in [1.54, 1.807) is 0 Å². The van der Waals surface area contributed by atoms with Gasteiger partial charge in [0, 0.05) is 17.6 Å². The Morgan fingerprint density at radius 1 is 1.11 bits per heavy atom. The van der Waals surface area contributed by atoms with E-state index in [9.17, 15) is 36.2 Å². The maximum absolute atomic E-state index is 13.1. The lowest BCUT2D eigenvalue weighted by molar-refractivity contribution is -0.142. The number of hydrogen-bond donors (Lipinski definition) is 1. The minimum atomic E-state index is -4.96. The van der Waals surface area contributed by atoms with Crippen LogP contribution in [0.25, 0.3) is 0 Å². The molecule has 27 heavy (non-hydrogen) atoms. The zero-order valence-corrected chi connectivity index (χ0v) is 14.8. The summed E-state index contributed by atoms with van der Waals surface area (Å²) in [5, 5.41) is 12.6. The molecule has 12 heteroatoms. The third-order valence-corrected chi connectivity index (χ3v) is 4.41. The lowest BCUT2D eigenvalue weighted by Gasteiger charge is -2.19. The second kappa shape index (κ2) is 6.43. The van der Waals surface area contributed by atoms with Gasteiger partial charge in [0.1, 0.15) is 11.4 Å². The first-order chi connectivity index (χ1) is 12.4. The Balaban J connectivity index is 2.01. The molecule has 0 saturated carbocycles. The largest absolute Gasteiger partial charge is 0.477 e. The molecular formula is C15H10BrF6N3O2. The normalized spacial score (nSPS) is 14.6. The van der Waals surface area contributed by atoms with Crippen molar-refractivity contribution in [3.63, 3.8) is 0 Å². The molecule has 0 bridgehead atoms. The highest BCUT2D eigenvalue weighted by Crippen LogP contribution is 2.39. The van der Waals surface area contributed by atoms with Crippen molar-refractivity contribution in [2.45, 2.75) is 25.4 Å². The lowest BCUT2D eigenvalue weighted by atomic mass is 10.1. The van der Waals surface area contributed by atoms with Crippen molar-refractivity contribution in [2.24, 2.45) is 0 Å². The van der Waals surface area contributed by atoms with Gasteiger partial charge in [0.05, 0.1) is 12.1 Å². The molecule has 0 fully saturated rings. The number of alkyl halides is 6. The van der Waals surface area contributed by atoms with Crippen LogP contribution in [0.4, 0.5) is 32.2 Å². The summed E-state index contributed by atoms with van der Waals surface area (Å²) in [5.74, 6) is -2.08. The third-order valence-electron chi connectivity index (χ3n) is 3.95. The van der Waals surface area contributed by atoms with E-state index in [1.165, 1.54) is 11.0 Å². The van der Waals surface area contributed by atoms with E-state index in [4.69, 9.17) is 0 Å². The van der Waals surface area contributed by atoms with Crippen LogP contribution in [0.3, 0.4) is 0 Å². The maximum Gasteiger partial charge on any atom is 0.436 e. The lowest BCUT2D eigenvalue weighted by Crippen LogP contribution is -2.23. The summed E-state index contributed by atoms with van der Waals surface area (Å²) in [4.78, 5) is 12.7. The van der Waals surface area contributed by atoms with E-state index in [1.807, 2.05) is 0 Å². The number of aromatic nitrogens is 2. The molecule has 146 valence electrons. The first kappa shape index (κ1) is 19.5. The van der Waals surface area contributed by atoms with Gasteiger partial charge in [-0.05, 0) is 23.8 Å². The van der Waals surface area contributed by atoms with E-state index >= 15 is 0 Å². The van der Waals surface area contributed by atoms with Crippen molar-refractivity contribution in [1.82, 2.24) is 9.78 Å². The average Bonchev–Trinajstić information content (AvgIpc) is 3.05. The van der Waals surface area contributed by atoms with Crippen LogP contribution in [-0.2, 0) is 25.4 Å². The zero-order chi connectivity index (χ0) is 20.1. The molecule has 0 unspecified atom stereocenters. The SMILES string of the molecule is O=C(O)c1c(C(F)(F)F)nn2c1N(Cc1cc(Br)cc(C(F)(F)F)c1)CC2. The maximum atomic E-state index is 13.1. The van der Waals surface area contributed by atoms with Gasteiger partial charge in [-0.2, -0.15) is 31.4 Å². The fourth-order valence-electron chi connectivity index (χ4n) is 2.93. The van der Waals surface area contributed by atoms with Crippen LogP contribution in [0, 0.1) is 0 Å². The molecule has 1 aromatic heterocycles. The predicted octanol–water partition coefficient (Wildman–Crippen LogP) is 4.40. The number of carboxylic acid groups (broad SMARTS) is 1. The Bertz CT molecular complexity index is 906.